The van der Waals surface area contributed by atoms with Gasteiger partial charge >= 0.3 is 0 Å². The van der Waals surface area contributed by atoms with Crippen LogP contribution in [0.2, 0.25) is 0 Å². The summed E-state index contributed by atoms with van der Waals surface area (Å²) in [6.45, 7) is 1.71. The molecule has 6 nitrogen and oxygen atoms in total. The molecule has 0 saturated heterocycles. The van der Waals surface area contributed by atoms with Gasteiger partial charge in [-0.25, -0.2) is 0 Å². The first-order valence-corrected chi connectivity index (χ1v) is 7.91. The van der Waals surface area contributed by atoms with Gasteiger partial charge in [0, 0.05) is 17.3 Å². The van der Waals surface area contributed by atoms with E-state index >= 15 is 0 Å². The molecule has 124 valence electrons. The number of hydrogen-bond acceptors (Lipinski definition) is 3. The van der Waals surface area contributed by atoms with Gasteiger partial charge in [-0.1, -0.05) is 18.2 Å². The topological polar surface area (TPSA) is 80.2 Å². The van der Waals surface area contributed by atoms with Crippen molar-refractivity contribution >= 4 is 17.5 Å². The molecule has 1 heterocycles. The average molecular weight is 325 g/mol. The first-order valence-electron chi connectivity index (χ1n) is 7.91. The van der Waals surface area contributed by atoms with Gasteiger partial charge < -0.3 is 15.2 Å². The Morgan fingerprint density at radius 1 is 1.12 bits per heavy atom. The van der Waals surface area contributed by atoms with Gasteiger partial charge in [-0.2, -0.15) is 0 Å². The van der Waals surface area contributed by atoms with Crippen LogP contribution in [0, 0.1) is 6.92 Å². The second-order valence-corrected chi connectivity index (χ2v) is 5.94. The summed E-state index contributed by atoms with van der Waals surface area (Å²) >= 11 is 0. The normalized spacial score (nSPS) is 13.4. The molecule has 1 aliphatic rings. The molecule has 0 unspecified atom stereocenters. The Balaban J connectivity index is 1.79. The number of carbonyl (C=O) groups excluding carboxylic acids is 2. The van der Waals surface area contributed by atoms with Crippen LogP contribution < -0.4 is 16.2 Å². The van der Waals surface area contributed by atoms with Crippen LogP contribution in [0.15, 0.2) is 47.3 Å². The lowest BCUT2D eigenvalue weighted by atomic mass is 10.2. The Kier molecular flexibility index (Phi) is 4.46. The fourth-order valence-electron chi connectivity index (χ4n) is 2.39. The van der Waals surface area contributed by atoms with Gasteiger partial charge in [-0.05, 0) is 44.0 Å². The molecule has 24 heavy (non-hydrogen) atoms. The molecule has 1 saturated carbocycles. The van der Waals surface area contributed by atoms with E-state index in [0.29, 0.717) is 11.3 Å². The van der Waals surface area contributed by atoms with Crippen molar-refractivity contribution in [1.29, 1.82) is 0 Å². The quantitative estimate of drug-likeness (QED) is 0.878. The van der Waals surface area contributed by atoms with Crippen LogP contribution in [-0.2, 0) is 11.3 Å². The zero-order valence-corrected chi connectivity index (χ0v) is 13.4. The molecular formula is C18H19N3O3. The van der Waals surface area contributed by atoms with Crippen molar-refractivity contribution in [2.75, 3.05) is 5.32 Å². The Morgan fingerprint density at radius 3 is 2.50 bits per heavy atom. The number of aryl methyl sites for hydroxylation is 1. The summed E-state index contributed by atoms with van der Waals surface area (Å²) in [6.07, 6.45) is 1.99. The van der Waals surface area contributed by atoms with Crippen LogP contribution in [0.4, 0.5) is 5.69 Å². The van der Waals surface area contributed by atoms with E-state index in [0.717, 1.165) is 12.8 Å². The number of amides is 2. The lowest BCUT2D eigenvalue weighted by Crippen LogP contribution is -2.35. The van der Waals surface area contributed by atoms with Crippen LogP contribution in [-0.4, -0.2) is 22.4 Å². The highest BCUT2D eigenvalue weighted by Gasteiger charge is 2.23. The number of aromatic nitrogens is 1. The number of benzene rings is 1. The molecule has 1 aromatic carbocycles. The predicted octanol–water partition coefficient (Wildman–Crippen LogP) is 1.69. The maximum Gasteiger partial charge on any atom is 0.274 e. The van der Waals surface area contributed by atoms with Crippen molar-refractivity contribution in [3.05, 3.63) is 64.1 Å². The minimum Gasteiger partial charge on any atom is -0.352 e. The maximum absolute atomic E-state index is 12.6. The monoisotopic (exact) mass is 325 g/mol. The predicted molar refractivity (Wildman–Crippen MR) is 91.0 cm³/mol. The average Bonchev–Trinajstić information content (AvgIpc) is 3.39. The van der Waals surface area contributed by atoms with E-state index in [1.807, 2.05) is 6.07 Å². The number of pyridine rings is 1. The van der Waals surface area contributed by atoms with Crippen LogP contribution in [0.5, 0.6) is 0 Å². The van der Waals surface area contributed by atoms with E-state index in [1.54, 1.807) is 43.3 Å². The third-order valence-corrected chi connectivity index (χ3v) is 3.92. The van der Waals surface area contributed by atoms with Crippen LogP contribution in [0.25, 0.3) is 0 Å². The highest BCUT2D eigenvalue weighted by Crippen LogP contribution is 2.18. The van der Waals surface area contributed by atoms with Gasteiger partial charge in [-0.15, -0.1) is 0 Å². The molecule has 0 spiro atoms. The van der Waals surface area contributed by atoms with Crippen molar-refractivity contribution < 1.29 is 9.59 Å². The number of carbonyl (C=O) groups is 2. The van der Waals surface area contributed by atoms with E-state index in [-0.39, 0.29) is 35.6 Å². The molecule has 1 fully saturated rings. The zero-order chi connectivity index (χ0) is 17.1. The lowest BCUT2D eigenvalue weighted by Gasteiger charge is -2.12. The minimum atomic E-state index is -0.384. The van der Waals surface area contributed by atoms with E-state index in [9.17, 15) is 14.4 Å². The summed E-state index contributed by atoms with van der Waals surface area (Å²) in [4.78, 5) is 36.7. The molecule has 0 radical (unpaired) electrons. The van der Waals surface area contributed by atoms with Crippen LogP contribution in [0.3, 0.4) is 0 Å². The molecule has 2 amide bonds. The summed E-state index contributed by atoms with van der Waals surface area (Å²) in [5.74, 6) is -0.542. The molecule has 6 heteroatoms. The summed E-state index contributed by atoms with van der Waals surface area (Å²) in [5.41, 5.74) is 0.915. The SMILES string of the molecule is Cc1ccc(NC(=O)c2ccccc2)c(=O)n1CC(=O)NC1CC1. The zero-order valence-electron chi connectivity index (χ0n) is 13.4. The highest BCUT2D eigenvalue weighted by molar-refractivity contribution is 6.04. The van der Waals surface area contributed by atoms with Crippen molar-refractivity contribution in [1.82, 2.24) is 9.88 Å². The first-order chi connectivity index (χ1) is 11.5. The van der Waals surface area contributed by atoms with Gasteiger partial charge in [0.1, 0.15) is 12.2 Å². The third-order valence-electron chi connectivity index (χ3n) is 3.92. The van der Waals surface area contributed by atoms with Crippen molar-refractivity contribution in [3.8, 4) is 0 Å². The molecule has 1 aliphatic carbocycles. The number of hydrogen-bond donors (Lipinski definition) is 2. The Labute approximate surface area is 139 Å². The molecule has 0 bridgehead atoms. The van der Waals surface area contributed by atoms with Gasteiger partial charge in [0.25, 0.3) is 11.5 Å². The molecule has 0 atom stereocenters. The second-order valence-electron chi connectivity index (χ2n) is 5.94. The van der Waals surface area contributed by atoms with Crippen LogP contribution >= 0.6 is 0 Å². The maximum atomic E-state index is 12.6. The van der Waals surface area contributed by atoms with Crippen LogP contribution in [0.1, 0.15) is 28.9 Å². The number of rotatable bonds is 5. The fraction of sp³-hybridized carbons (Fsp3) is 0.278. The van der Waals surface area contributed by atoms with E-state index in [1.165, 1.54) is 4.57 Å². The first kappa shape index (κ1) is 16.0. The van der Waals surface area contributed by atoms with Gasteiger partial charge in [0.05, 0.1) is 0 Å². The van der Waals surface area contributed by atoms with E-state index < -0.39 is 0 Å². The van der Waals surface area contributed by atoms with E-state index in [2.05, 4.69) is 10.6 Å². The second kappa shape index (κ2) is 6.70. The third kappa shape index (κ3) is 3.71. The standard InChI is InChI=1S/C18H19N3O3/c1-12-7-10-15(20-17(23)13-5-3-2-4-6-13)18(24)21(12)11-16(22)19-14-8-9-14/h2-7,10,14H,8-9,11H2,1H3,(H,19,22)(H,20,23). The molecular weight excluding hydrogens is 306 g/mol. The largest absolute Gasteiger partial charge is 0.352 e. The molecule has 3 rings (SSSR count). The van der Waals surface area contributed by atoms with Gasteiger partial charge in [0.2, 0.25) is 5.91 Å². The fourth-order valence-corrected chi connectivity index (χ4v) is 2.39. The smallest absolute Gasteiger partial charge is 0.274 e. The molecule has 2 N–H and O–H groups in total. The van der Waals surface area contributed by atoms with Crippen molar-refractivity contribution in [2.45, 2.75) is 32.4 Å². The number of nitrogens with one attached hydrogen (secondary N) is 2. The number of nitrogens with zero attached hydrogens (tertiary/aromatic N) is 1. The Hall–Kier alpha value is -2.89. The summed E-state index contributed by atoms with van der Waals surface area (Å²) in [5, 5.41) is 5.47. The van der Waals surface area contributed by atoms with Crippen molar-refractivity contribution in [3.63, 3.8) is 0 Å². The summed E-state index contributed by atoms with van der Waals surface area (Å²) < 4.78 is 1.37. The van der Waals surface area contributed by atoms with E-state index in [4.69, 9.17) is 0 Å². The molecule has 1 aromatic heterocycles. The Morgan fingerprint density at radius 2 is 1.83 bits per heavy atom. The number of anilines is 1. The van der Waals surface area contributed by atoms with Crippen molar-refractivity contribution in [2.24, 2.45) is 0 Å². The van der Waals surface area contributed by atoms with Gasteiger partial charge in [-0.3, -0.25) is 14.4 Å². The van der Waals surface area contributed by atoms with Gasteiger partial charge in [0.15, 0.2) is 0 Å². The lowest BCUT2D eigenvalue weighted by molar-refractivity contribution is -0.121. The molecule has 0 aliphatic heterocycles. The minimum absolute atomic E-state index is 0.0454. The highest BCUT2D eigenvalue weighted by atomic mass is 16.2. The summed E-state index contributed by atoms with van der Waals surface area (Å²) in [7, 11) is 0. The Bertz CT molecular complexity index is 823. The molecule has 2 aromatic rings. The summed E-state index contributed by atoms with van der Waals surface area (Å²) in [6, 6.07) is 12.2.